The predicted molar refractivity (Wildman–Crippen MR) is 108 cm³/mol. The van der Waals surface area contributed by atoms with E-state index in [-0.39, 0.29) is 11.2 Å². The standard InChI is InChI=1S/C25H31NO/c1-16-13-19-21-7-6-20(17-5-4-12-26-15-17)24(21,2)11-9-22(19)25(3)10-8-18(27)14-23(16)25/h4-5,8,10,12,14-16,19-22H,6-7,9,11,13H2,1-3H3/t16?,19-,20?,21-,22-,24+,25+/m0/s1. The van der Waals surface area contributed by atoms with Crippen LogP contribution in [0, 0.1) is 34.5 Å². The van der Waals surface area contributed by atoms with E-state index >= 15 is 0 Å². The van der Waals surface area contributed by atoms with Crippen LogP contribution in [0.15, 0.2) is 48.3 Å². The summed E-state index contributed by atoms with van der Waals surface area (Å²) in [6.45, 7) is 7.33. The fraction of sp³-hybridized carbons (Fsp3) is 0.600. The number of hydrogen-bond acceptors (Lipinski definition) is 2. The van der Waals surface area contributed by atoms with Gasteiger partial charge in [-0.2, -0.15) is 0 Å². The lowest BCUT2D eigenvalue weighted by atomic mass is 9.46. The SMILES string of the molecule is CC1C[C@@H]2[C@H](CC[C@]3(C)C(c4cccnc4)CC[C@@H]23)[C@@]2(C)C=CC(=O)C=C12. The molecule has 1 aromatic rings. The second kappa shape index (κ2) is 5.90. The molecule has 1 heterocycles. The van der Waals surface area contributed by atoms with Gasteiger partial charge in [-0.1, -0.05) is 38.5 Å². The quantitative estimate of drug-likeness (QED) is 0.640. The molecule has 2 nitrogen and oxygen atoms in total. The Hall–Kier alpha value is -1.70. The maximum absolute atomic E-state index is 12.0. The van der Waals surface area contributed by atoms with E-state index in [9.17, 15) is 4.79 Å². The van der Waals surface area contributed by atoms with Gasteiger partial charge in [0, 0.05) is 17.8 Å². The molecule has 0 aromatic carbocycles. The summed E-state index contributed by atoms with van der Waals surface area (Å²) >= 11 is 0. The minimum Gasteiger partial charge on any atom is -0.290 e. The largest absolute Gasteiger partial charge is 0.290 e. The molecule has 4 aliphatic rings. The Kier molecular flexibility index (Phi) is 3.80. The van der Waals surface area contributed by atoms with E-state index in [1.54, 1.807) is 0 Å². The first-order valence-electron chi connectivity index (χ1n) is 10.8. The van der Waals surface area contributed by atoms with Gasteiger partial charge in [0.2, 0.25) is 0 Å². The number of carbonyl (C=O) groups excluding carboxylic acids is 1. The van der Waals surface area contributed by atoms with Crippen LogP contribution in [0.5, 0.6) is 0 Å². The van der Waals surface area contributed by atoms with Crippen molar-refractivity contribution in [2.75, 3.05) is 0 Å². The second-order valence-electron chi connectivity index (χ2n) is 10.1. The molecule has 0 aliphatic heterocycles. The summed E-state index contributed by atoms with van der Waals surface area (Å²) in [7, 11) is 0. The molecular formula is C25H31NO. The lowest BCUT2D eigenvalue weighted by Crippen LogP contribution is -2.51. The fourth-order valence-corrected chi connectivity index (χ4v) is 7.74. The van der Waals surface area contributed by atoms with Crippen molar-refractivity contribution in [2.24, 2.45) is 34.5 Å². The first-order valence-corrected chi connectivity index (χ1v) is 10.8. The van der Waals surface area contributed by atoms with E-state index in [1.165, 1.54) is 43.2 Å². The molecule has 142 valence electrons. The van der Waals surface area contributed by atoms with Crippen LogP contribution >= 0.6 is 0 Å². The number of aromatic nitrogens is 1. The average molecular weight is 362 g/mol. The maximum Gasteiger partial charge on any atom is 0.178 e. The van der Waals surface area contributed by atoms with Gasteiger partial charge in [-0.25, -0.2) is 0 Å². The van der Waals surface area contributed by atoms with Crippen molar-refractivity contribution < 1.29 is 4.79 Å². The van der Waals surface area contributed by atoms with E-state index in [0.717, 1.165) is 11.8 Å². The monoisotopic (exact) mass is 361 g/mol. The highest BCUT2D eigenvalue weighted by atomic mass is 16.1. The number of fused-ring (bicyclic) bond motifs is 5. The van der Waals surface area contributed by atoms with Gasteiger partial charge in [-0.05, 0) is 90.9 Å². The summed E-state index contributed by atoms with van der Waals surface area (Å²) < 4.78 is 0. The Morgan fingerprint density at radius 1 is 1.15 bits per heavy atom. The zero-order chi connectivity index (χ0) is 18.8. The van der Waals surface area contributed by atoms with Crippen molar-refractivity contribution in [3.8, 4) is 0 Å². The lowest BCUT2D eigenvalue weighted by Gasteiger charge is -2.58. The summed E-state index contributed by atoms with van der Waals surface area (Å²) in [5.74, 6) is 3.63. The number of ketones is 1. The Morgan fingerprint density at radius 3 is 2.78 bits per heavy atom. The summed E-state index contributed by atoms with van der Waals surface area (Å²) in [6, 6.07) is 4.39. The van der Waals surface area contributed by atoms with Gasteiger partial charge in [0.1, 0.15) is 0 Å². The van der Waals surface area contributed by atoms with Crippen LogP contribution in [0.4, 0.5) is 0 Å². The zero-order valence-corrected chi connectivity index (χ0v) is 16.8. The Morgan fingerprint density at radius 2 is 2.00 bits per heavy atom. The second-order valence-corrected chi connectivity index (χ2v) is 10.1. The zero-order valence-electron chi connectivity index (χ0n) is 16.8. The molecule has 5 rings (SSSR count). The molecule has 4 aliphatic carbocycles. The maximum atomic E-state index is 12.0. The highest BCUT2D eigenvalue weighted by molar-refractivity contribution is 6.01. The normalized spacial score (nSPS) is 45.7. The van der Waals surface area contributed by atoms with Crippen LogP contribution in [0.3, 0.4) is 0 Å². The summed E-state index contributed by atoms with van der Waals surface area (Å²) in [5, 5.41) is 0. The van der Waals surface area contributed by atoms with Gasteiger partial charge in [0.15, 0.2) is 5.78 Å². The highest BCUT2D eigenvalue weighted by Gasteiger charge is 2.59. The van der Waals surface area contributed by atoms with Gasteiger partial charge in [0.05, 0.1) is 0 Å². The first kappa shape index (κ1) is 17.4. The molecule has 0 spiro atoms. The van der Waals surface area contributed by atoms with Crippen LogP contribution < -0.4 is 0 Å². The summed E-state index contributed by atoms with van der Waals surface area (Å²) in [5.41, 5.74) is 3.33. The molecule has 3 saturated carbocycles. The van der Waals surface area contributed by atoms with Crippen LogP contribution in [0.2, 0.25) is 0 Å². The van der Waals surface area contributed by atoms with Gasteiger partial charge >= 0.3 is 0 Å². The molecule has 0 N–H and O–H groups in total. The van der Waals surface area contributed by atoms with Crippen molar-refractivity contribution >= 4 is 5.78 Å². The van der Waals surface area contributed by atoms with Crippen molar-refractivity contribution in [1.29, 1.82) is 0 Å². The molecule has 27 heavy (non-hydrogen) atoms. The molecule has 0 saturated heterocycles. The van der Waals surface area contributed by atoms with Crippen LogP contribution in [-0.4, -0.2) is 10.8 Å². The molecule has 7 atom stereocenters. The molecule has 0 bridgehead atoms. The molecular weight excluding hydrogens is 330 g/mol. The summed E-state index contributed by atoms with van der Waals surface area (Å²) in [4.78, 5) is 16.4. The van der Waals surface area contributed by atoms with Gasteiger partial charge in [0.25, 0.3) is 0 Å². The third-order valence-electron chi connectivity index (χ3n) is 8.96. The number of pyridine rings is 1. The topological polar surface area (TPSA) is 30.0 Å². The fourth-order valence-electron chi connectivity index (χ4n) is 7.74. The van der Waals surface area contributed by atoms with E-state index in [0.29, 0.717) is 23.2 Å². The number of allylic oxidation sites excluding steroid dienone is 4. The van der Waals surface area contributed by atoms with E-state index in [1.807, 2.05) is 18.3 Å². The third kappa shape index (κ3) is 2.38. The Labute approximate surface area is 163 Å². The third-order valence-corrected chi connectivity index (χ3v) is 8.96. The number of carbonyl (C=O) groups is 1. The number of nitrogens with zero attached hydrogens (tertiary/aromatic N) is 1. The Bertz CT molecular complexity index is 824. The summed E-state index contributed by atoms with van der Waals surface area (Å²) in [6.07, 6.45) is 16.5. The predicted octanol–water partition coefficient (Wildman–Crippen LogP) is 5.72. The first-order chi connectivity index (χ1) is 12.9. The van der Waals surface area contributed by atoms with E-state index < -0.39 is 0 Å². The van der Waals surface area contributed by atoms with Crippen LogP contribution in [0.25, 0.3) is 0 Å². The van der Waals surface area contributed by atoms with Gasteiger partial charge in [-0.3, -0.25) is 9.78 Å². The lowest BCUT2D eigenvalue weighted by molar-refractivity contribution is -0.111. The average Bonchev–Trinajstić information content (AvgIpc) is 3.01. The van der Waals surface area contributed by atoms with Gasteiger partial charge < -0.3 is 0 Å². The van der Waals surface area contributed by atoms with Crippen molar-refractivity contribution in [2.45, 2.75) is 58.8 Å². The highest BCUT2D eigenvalue weighted by Crippen LogP contribution is 2.68. The molecule has 2 heteroatoms. The van der Waals surface area contributed by atoms with Crippen LogP contribution in [-0.2, 0) is 4.79 Å². The smallest absolute Gasteiger partial charge is 0.178 e. The minimum atomic E-state index is 0.0873. The number of hydrogen-bond donors (Lipinski definition) is 0. The molecule has 3 fully saturated rings. The van der Waals surface area contributed by atoms with E-state index in [2.05, 4.69) is 50.2 Å². The molecule has 0 amide bonds. The number of rotatable bonds is 1. The van der Waals surface area contributed by atoms with Crippen molar-refractivity contribution in [1.82, 2.24) is 4.98 Å². The van der Waals surface area contributed by atoms with Crippen molar-refractivity contribution in [3.63, 3.8) is 0 Å². The van der Waals surface area contributed by atoms with Crippen LogP contribution in [0.1, 0.15) is 64.4 Å². The molecule has 2 unspecified atom stereocenters. The molecule has 0 radical (unpaired) electrons. The minimum absolute atomic E-state index is 0.0873. The van der Waals surface area contributed by atoms with Gasteiger partial charge in [-0.15, -0.1) is 0 Å². The Balaban J connectivity index is 1.51. The molecule has 1 aromatic heterocycles. The van der Waals surface area contributed by atoms with Crippen molar-refractivity contribution in [3.05, 3.63) is 53.9 Å². The van der Waals surface area contributed by atoms with E-state index in [4.69, 9.17) is 0 Å².